The van der Waals surface area contributed by atoms with Gasteiger partial charge in [-0.25, -0.2) is 0 Å². The van der Waals surface area contributed by atoms with E-state index in [-0.39, 0.29) is 13.2 Å². The van der Waals surface area contributed by atoms with Crippen molar-refractivity contribution in [2.45, 2.75) is 66.5 Å². The minimum absolute atomic E-state index is 0.00272. The van der Waals surface area contributed by atoms with Crippen LogP contribution in [0.25, 0.3) is 22.2 Å². The van der Waals surface area contributed by atoms with Crippen molar-refractivity contribution in [3.8, 4) is 27.9 Å². The standard InChI is InChI=1S/C28H40N4O5S/c1-6-9-10-32(8-3)15-24-18(4)12-23(38-24)28-30-27(31-37-28)21-11-19(5)26(20(7-2)13-21)36-17-22(34)14-29-25(35)16-33/h11-13,22,33-34H,6-10,14-17H2,1-5H3,(H,29,35)/t22-/m0/s1. The quantitative estimate of drug-likeness (QED) is 0.261. The second-order valence-corrected chi connectivity index (χ2v) is 10.6. The molecule has 0 radical (unpaired) electrons. The summed E-state index contributed by atoms with van der Waals surface area (Å²) in [6.07, 6.45) is 2.20. The number of benzene rings is 1. The number of aryl methyl sites for hydroxylation is 3. The van der Waals surface area contributed by atoms with Crippen molar-refractivity contribution in [3.63, 3.8) is 0 Å². The second kappa shape index (κ2) is 14.4. The van der Waals surface area contributed by atoms with Crippen LogP contribution in [-0.2, 0) is 17.8 Å². The fourth-order valence-corrected chi connectivity index (χ4v) is 5.27. The van der Waals surface area contributed by atoms with Crippen LogP contribution in [0.4, 0.5) is 0 Å². The zero-order chi connectivity index (χ0) is 27.7. The summed E-state index contributed by atoms with van der Waals surface area (Å²) in [5.74, 6) is 1.18. The van der Waals surface area contributed by atoms with E-state index in [1.807, 2.05) is 26.0 Å². The van der Waals surface area contributed by atoms with Crippen molar-refractivity contribution in [3.05, 3.63) is 39.8 Å². The number of thiophene rings is 1. The van der Waals surface area contributed by atoms with Gasteiger partial charge in [0.2, 0.25) is 11.7 Å². The summed E-state index contributed by atoms with van der Waals surface area (Å²) in [6.45, 7) is 13.0. The molecule has 0 aliphatic heterocycles. The highest BCUT2D eigenvalue weighted by atomic mass is 32.1. The molecule has 208 valence electrons. The molecule has 3 aromatic rings. The molecule has 2 aromatic heterocycles. The summed E-state index contributed by atoms with van der Waals surface area (Å²) < 4.78 is 11.6. The highest BCUT2D eigenvalue weighted by Crippen LogP contribution is 2.34. The molecule has 38 heavy (non-hydrogen) atoms. The number of carbonyl (C=O) groups excluding carboxylic acids is 1. The van der Waals surface area contributed by atoms with Gasteiger partial charge < -0.3 is 24.8 Å². The lowest BCUT2D eigenvalue weighted by atomic mass is 10.0. The van der Waals surface area contributed by atoms with Gasteiger partial charge in [0.15, 0.2) is 0 Å². The predicted molar refractivity (Wildman–Crippen MR) is 149 cm³/mol. The molecule has 1 atom stereocenters. The van der Waals surface area contributed by atoms with Crippen LogP contribution in [0.3, 0.4) is 0 Å². The average molecular weight is 545 g/mol. The lowest BCUT2D eigenvalue weighted by molar-refractivity contribution is -0.124. The first kappa shape index (κ1) is 29.8. The minimum atomic E-state index is -0.899. The van der Waals surface area contributed by atoms with Crippen molar-refractivity contribution < 1.29 is 24.3 Å². The van der Waals surface area contributed by atoms with E-state index in [4.69, 9.17) is 19.4 Å². The number of unbranched alkanes of at least 4 members (excludes halogenated alkanes) is 1. The molecule has 0 aliphatic carbocycles. The van der Waals surface area contributed by atoms with Crippen molar-refractivity contribution in [2.75, 3.05) is 32.8 Å². The molecule has 0 fully saturated rings. The first-order valence-corrected chi connectivity index (χ1v) is 14.1. The Balaban J connectivity index is 1.73. The number of nitrogens with zero attached hydrogens (tertiary/aromatic N) is 3. The number of carbonyl (C=O) groups is 1. The van der Waals surface area contributed by atoms with Crippen molar-refractivity contribution in [1.82, 2.24) is 20.4 Å². The van der Waals surface area contributed by atoms with Crippen LogP contribution < -0.4 is 10.1 Å². The first-order valence-electron chi connectivity index (χ1n) is 13.3. The van der Waals surface area contributed by atoms with Gasteiger partial charge in [-0.1, -0.05) is 32.3 Å². The van der Waals surface area contributed by atoms with Gasteiger partial charge in [-0.3, -0.25) is 9.69 Å². The van der Waals surface area contributed by atoms with Crippen LogP contribution in [-0.4, -0.2) is 70.1 Å². The summed E-state index contributed by atoms with van der Waals surface area (Å²) in [7, 11) is 0. The van der Waals surface area contributed by atoms with Crippen LogP contribution in [0.2, 0.25) is 0 Å². The average Bonchev–Trinajstić information content (AvgIpc) is 3.55. The number of aliphatic hydroxyl groups is 2. The Hall–Kier alpha value is -2.79. The maximum absolute atomic E-state index is 11.2. The van der Waals surface area contributed by atoms with E-state index in [1.165, 1.54) is 23.3 Å². The second-order valence-electron chi connectivity index (χ2n) is 9.42. The number of hydrogen-bond donors (Lipinski definition) is 3. The SMILES string of the molecule is CCCCN(CC)Cc1sc(-c2nc(-c3cc(C)c(OC[C@@H](O)CNC(=O)CO)c(CC)c3)no2)cc1C. The van der Waals surface area contributed by atoms with Gasteiger partial charge in [0, 0.05) is 23.5 Å². The molecule has 2 heterocycles. The molecule has 1 amide bonds. The Labute approximate surface area is 228 Å². The van der Waals surface area contributed by atoms with E-state index in [9.17, 15) is 9.90 Å². The van der Waals surface area contributed by atoms with Crippen LogP contribution >= 0.6 is 11.3 Å². The molecular formula is C28H40N4O5S. The van der Waals surface area contributed by atoms with Gasteiger partial charge in [0.25, 0.3) is 5.89 Å². The molecule has 0 aliphatic rings. The Morgan fingerprint density at radius 1 is 1.21 bits per heavy atom. The third-order valence-electron chi connectivity index (χ3n) is 6.39. The number of hydrogen-bond acceptors (Lipinski definition) is 9. The largest absolute Gasteiger partial charge is 0.490 e. The molecule has 0 saturated heterocycles. The van der Waals surface area contributed by atoms with Gasteiger partial charge in [-0.15, -0.1) is 11.3 Å². The summed E-state index contributed by atoms with van der Waals surface area (Å²) in [6, 6.07) is 6.05. The van der Waals surface area contributed by atoms with E-state index in [1.54, 1.807) is 11.3 Å². The number of aliphatic hydroxyl groups excluding tert-OH is 2. The molecule has 1 aromatic carbocycles. The third kappa shape index (κ3) is 7.86. The van der Waals surface area contributed by atoms with E-state index in [0.717, 1.165) is 41.2 Å². The number of amides is 1. The summed E-state index contributed by atoms with van der Waals surface area (Å²) in [4.78, 5) is 20.6. The first-order chi connectivity index (χ1) is 18.3. The molecule has 10 heteroatoms. The van der Waals surface area contributed by atoms with Gasteiger partial charge in [-0.05, 0) is 74.7 Å². The topological polar surface area (TPSA) is 121 Å². The Morgan fingerprint density at radius 3 is 2.68 bits per heavy atom. The number of ether oxygens (including phenoxy) is 1. The zero-order valence-electron chi connectivity index (χ0n) is 23.0. The van der Waals surface area contributed by atoms with Crippen LogP contribution in [0.15, 0.2) is 22.7 Å². The minimum Gasteiger partial charge on any atom is -0.490 e. The predicted octanol–water partition coefficient (Wildman–Crippen LogP) is 4.11. The van der Waals surface area contributed by atoms with Crippen molar-refractivity contribution in [1.29, 1.82) is 0 Å². The number of aromatic nitrogens is 2. The highest BCUT2D eigenvalue weighted by Gasteiger charge is 2.19. The lowest BCUT2D eigenvalue weighted by Crippen LogP contribution is -2.36. The summed E-state index contributed by atoms with van der Waals surface area (Å²) in [5.41, 5.74) is 3.92. The molecule has 0 saturated carbocycles. The Bertz CT molecular complexity index is 1190. The van der Waals surface area contributed by atoms with Crippen LogP contribution in [0, 0.1) is 13.8 Å². The van der Waals surface area contributed by atoms with Crippen molar-refractivity contribution in [2.24, 2.45) is 0 Å². The maximum Gasteiger partial charge on any atom is 0.268 e. The molecule has 0 unspecified atom stereocenters. The molecular weight excluding hydrogens is 504 g/mol. The fraction of sp³-hybridized carbons (Fsp3) is 0.536. The summed E-state index contributed by atoms with van der Waals surface area (Å²) >= 11 is 1.71. The molecule has 0 bridgehead atoms. The summed E-state index contributed by atoms with van der Waals surface area (Å²) in [5, 5.41) is 25.6. The highest BCUT2D eigenvalue weighted by molar-refractivity contribution is 7.15. The monoisotopic (exact) mass is 544 g/mol. The Kier molecular flexibility index (Phi) is 11.3. The molecule has 3 rings (SSSR count). The smallest absolute Gasteiger partial charge is 0.268 e. The van der Waals surface area contributed by atoms with Crippen LogP contribution in [0.5, 0.6) is 5.75 Å². The molecule has 3 N–H and O–H groups in total. The number of nitrogens with one attached hydrogen (secondary N) is 1. The van der Waals surface area contributed by atoms with E-state index in [0.29, 0.717) is 23.9 Å². The zero-order valence-corrected chi connectivity index (χ0v) is 23.9. The van der Waals surface area contributed by atoms with Crippen LogP contribution in [0.1, 0.15) is 55.2 Å². The van der Waals surface area contributed by atoms with Gasteiger partial charge in [0.1, 0.15) is 25.1 Å². The van der Waals surface area contributed by atoms with Crippen molar-refractivity contribution >= 4 is 17.2 Å². The van der Waals surface area contributed by atoms with Gasteiger partial charge >= 0.3 is 0 Å². The molecule has 0 spiro atoms. The van der Waals surface area contributed by atoms with Gasteiger partial charge in [-0.2, -0.15) is 4.98 Å². The number of rotatable bonds is 15. The normalized spacial score (nSPS) is 12.2. The van der Waals surface area contributed by atoms with E-state index in [2.05, 4.69) is 42.2 Å². The van der Waals surface area contributed by atoms with E-state index < -0.39 is 18.6 Å². The maximum atomic E-state index is 11.2. The Morgan fingerprint density at radius 2 is 2.00 bits per heavy atom. The lowest BCUT2D eigenvalue weighted by Gasteiger charge is -2.19. The fourth-order valence-electron chi connectivity index (χ4n) is 4.13. The molecule has 9 nitrogen and oxygen atoms in total. The van der Waals surface area contributed by atoms with E-state index >= 15 is 0 Å². The third-order valence-corrected chi connectivity index (χ3v) is 7.60. The van der Waals surface area contributed by atoms with Gasteiger partial charge in [0.05, 0.1) is 4.88 Å².